The van der Waals surface area contributed by atoms with E-state index in [0.717, 1.165) is 24.2 Å². The molecular formula is C33H40N4O8. The van der Waals surface area contributed by atoms with Gasteiger partial charge in [-0.05, 0) is 81.8 Å². The third kappa shape index (κ3) is 5.17. The predicted molar refractivity (Wildman–Crippen MR) is 166 cm³/mol. The molecule has 0 bridgehead atoms. The van der Waals surface area contributed by atoms with Gasteiger partial charge in [0.05, 0.1) is 18.7 Å². The number of benzene rings is 2. The molecule has 1 fully saturated rings. The van der Waals surface area contributed by atoms with Crippen LogP contribution in [-0.4, -0.2) is 108 Å². The molecule has 5 rings (SSSR count). The van der Waals surface area contributed by atoms with E-state index >= 15 is 0 Å². The first-order valence-corrected chi connectivity index (χ1v) is 14.8. The lowest BCUT2D eigenvalue weighted by molar-refractivity contribution is -0.153. The van der Waals surface area contributed by atoms with Crippen LogP contribution in [0.5, 0.6) is 11.5 Å². The Morgan fingerprint density at radius 3 is 2.42 bits per heavy atom. The summed E-state index contributed by atoms with van der Waals surface area (Å²) in [6.07, 6.45) is 0.181. The van der Waals surface area contributed by atoms with Gasteiger partial charge >= 0.3 is 0 Å². The molecule has 0 spiro atoms. The highest BCUT2D eigenvalue weighted by Crippen LogP contribution is 2.54. The summed E-state index contributed by atoms with van der Waals surface area (Å²) in [5.41, 5.74) is 4.66. The van der Waals surface area contributed by atoms with Gasteiger partial charge in [-0.25, -0.2) is 0 Å². The van der Waals surface area contributed by atoms with Gasteiger partial charge in [0.1, 0.15) is 28.6 Å². The first-order chi connectivity index (χ1) is 21.2. The Morgan fingerprint density at radius 2 is 1.80 bits per heavy atom. The zero-order chi connectivity index (χ0) is 33.0. The van der Waals surface area contributed by atoms with Crippen LogP contribution in [0.15, 0.2) is 47.2 Å². The first kappa shape index (κ1) is 32.2. The predicted octanol–water partition coefficient (Wildman–Crippen LogP) is 1.29. The number of nitrogens with one attached hydrogen (secondary N) is 1. The van der Waals surface area contributed by atoms with Crippen LogP contribution in [-0.2, 0) is 27.3 Å². The number of nitrogens with zero attached hydrogens (tertiary/aromatic N) is 2. The molecule has 4 unspecified atom stereocenters. The zero-order valence-corrected chi connectivity index (χ0v) is 26.0. The maximum Gasteiger partial charge on any atom is 0.255 e. The number of carbonyl (C=O) groups is 3. The number of rotatable bonds is 9. The van der Waals surface area contributed by atoms with Crippen molar-refractivity contribution in [3.05, 3.63) is 63.9 Å². The molecule has 2 aromatic rings. The van der Waals surface area contributed by atoms with E-state index < -0.39 is 58.0 Å². The van der Waals surface area contributed by atoms with Crippen molar-refractivity contribution in [1.82, 2.24) is 15.1 Å². The smallest absolute Gasteiger partial charge is 0.255 e. The van der Waals surface area contributed by atoms with Gasteiger partial charge in [-0.3, -0.25) is 19.3 Å². The van der Waals surface area contributed by atoms with Crippen LogP contribution in [0.2, 0.25) is 0 Å². The number of aliphatic hydroxyl groups excluding tert-OH is 2. The van der Waals surface area contributed by atoms with Crippen molar-refractivity contribution in [3.8, 4) is 22.6 Å². The fraction of sp³-hybridized carbons (Fsp3) is 0.424. The summed E-state index contributed by atoms with van der Waals surface area (Å²) in [5.74, 6) is -6.30. The molecule has 240 valence electrons. The first-order valence-electron chi connectivity index (χ1n) is 14.8. The van der Waals surface area contributed by atoms with E-state index in [9.17, 15) is 34.8 Å². The van der Waals surface area contributed by atoms with Gasteiger partial charge in [0, 0.05) is 36.7 Å². The Balaban J connectivity index is 1.64. The number of phenolic OH excluding ortho intramolecular Hbond substituents is 1. The minimum atomic E-state index is -2.69. The maximum absolute atomic E-state index is 14.1. The van der Waals surface area contributed by atoms with E-state index in [0.29, 0.717) is 23.4 Å². The number of fused-ring (bicyclic) bond motifs is 3. The molecule has 45 heavy (non-hydrogen) atoms. The lowest BCUT2D eigenvalue weighted by Gasteiger charge is -2.50. The number of ether oxygens (including phenoxy) is 1. The Morgan fingerprint density at radius 1 is 1.09 bits per heavy atom. The summed E-state index contributed by atoms with van der Waals surface area (Å²) < 4.78 is 5.70. The van der Waals surface area contributed by atoms with Gasteiger partial charge in [-0.15, -0.1) is 0 Å². The molecular weight excluding hydrogens is 580 g/mol. The minimum absolute atomic E-state index is 0.00777. The van der Waals surface area contributed by atoms with E-state index in [-0.39, 0.29) is 29.7 Å². The summed E-state index contributed by atoms with van der Waals surface area (Å²) in [6.45, 7) is 2.26. The average Bonchev–Trinajstić information content (AvgIpc) is 2.97. The van der Waals surface area contributed by atoms with Crippen LogP contribution in [0.25, 0.3) is 16.9 Å². The van der Waals surface area contributed by atoms with Gasteiger partial charge in [0.15, 0.2) is 11.4 Å². The molecule has 3 aliphatic rings. The fourth-order valence-electron chi connectivity index (χ4n) is 7.11. The Kier molecular flexibility index (Phi) is 8.53. The summed E-state index contributed by atoms with van der Waals surface area (Å²) in [5, 5.41) is 48.9. The number of amides is 1. The molecule has 0 aromatic heterocycles. The van der Waals surface area contributed by atoms with E-state index in [2.05, 4.69) is 10.2 Å². The SMILES string of the molecule is COc1ccc(CNCCN(C)C)cc1-c1ccc(O)c2c1CC1CC3C(N(C)C)C(=O)C(C(N)=O)=C(O)C3(O)C(=O)C1=C2O. The van der Waals surface area contributed by atoms with E-state index in [4.69, 9.17) is 10.5 Å². The highest BCUT2D eigenvalue weighted by molar-refractivity contribution is 6.24. The monoisotopic (exact) mass is 620 g/mol. The van der Waals surface area contributed by atoms with Gasteiger partial charge < -0.3 is 41.1 Å². The summed E-state index contributed by atoms with van der Waals surface area (Å²) in [6, 6.07) is 7.78. The van der Waals surface area contributed by atoms with Crippen molar-refractivity contribution < 1.29 is 39.5 Å². The third-order valence-corrected chi connectivity index (χ3v) is 9.22. The number of phenols is 1. The van der Waals surface area contributed by atoms with Crippen molar-refractivity contribution in [1.29, 1.82) is 0 Å². The number of ketones is 2. The van der Waals surface area contributed by atoms with Gasteiger partial charge in [0.2, 0.25) is 5.78 Å². The van der Waals surface area contributed by atoms with E-state index in [1.165, 1.54) is 11.0 Å². The van der Waals surface area contributed by atoms with Crippen LogP contribution < -0.4 is 15.8 Å². The molecule has 4 atom stereocenters. The van der Waals surface area contributed by atoms with E-state index in [1.807, 2.05) is 32.3 Å². The largest absolute Gasteiger partial charge is 0.508 e. The number of carbonyl (C=O) groups excluding carboxylic acids is 3. The number of likely N-dealkylation sites (N-methyl/N-ethyl adjacent to an activating group) is 2. The standard InChI is InChI=1S/C33H40N4O8/c1-36(2)11-10-35-15-16-6-9-23(45-5)19(12-16)18-7-8-22(38)25-20(18)13-17-14-21-27(37(3)4)29(40)26(32(34)43)31(42)33(21,44)30(41)24(17)28(25)39/h6-9,12,17,21,27,35,38-39,42,44H,10-11,13-15H2,1-5H3,(H2,34,43). The molecule has 7 N–H and O–H groups in total. The average molecular weight is 621 g/mol. The number of aliphatic hydroxyl groups is 3. The molecule has 12 nitrogen and oxygen atoms in total. The van der Waals surface area contributed by atoms with Gasteiger partial charge in [-0.1, -0.05) is 12.1 Å². The Labute approximate surface area is 261 Å². The number of methoxy groups -OCH3 is 1. The van der Waals surface area contributed by atoms with Crippen molar-refractivity contribution in [2.45, 2.75) is 31.0 Å². The molecule has 1 saturated carbocycles. The molecule has 1 amide bonds. The van der Waals surface area contributed by atoms with Gasteiger partial charge in [-0.2, -0.15) is 0 Å². The van der Waals surface area contributed by atoms with Crippen LogP contribution in [0.4, 0.5) is 0 Å². The number of nitrogens with two attached hydrogens (primary N) is 1. The van der Waals surface area contributed by atoms with Crippen molar-refractivity contribution in [2.75, 3.05) is 48.4 Å². The molecule has 0 saturated heterocycles. The molecule has 0 radical (unpaired) electrons. The molecule has 0 aliphatic heterocycles. The second kappa shape index (κ2) is 11.9. The van der Waals surface area contributed by atoms with Crippen LogP contribution in [0.3, 0.4) is 0 Å². The van der Waals surface area contributed by atoms with Crippen LogP contribution >= 0.6 is 0 Å². The maximum atomic E-state index is 14.1. The number of hydrogen-bond donors (Lipinski definition) is 6. The second-order valence-electron chi connectivity index (χ2n) is 12.5. The second-order valence-corrected chi connectivity index (χ2v) is 12.5. The zero-order valence-electron chi connectivity index (χ0n) is 26.0. The van der Waals surface area contributed by atoms with Gasteiger partial charge in [0.25, 0.3) is 5.91 Å². The van der Waals surface area contributed by atoms with Crippen molar-refractivity contribution >= 4 is 23.2 Å². The summed E-state index contributed by atoms with van der Waals surface area (Å²) in [7, 11) is 8.69. The number of primary amides is 1. The Bertz CT molecular complexity index is 1650. The number of hydrogen-bond acceptors (Lipinski definition) is 11. The number of aromatic hydroxyl groups is 1. The quantitative estimate of drug-likeness (QED) is 0.175. The minimum Gasteiger partial charge on any atom is -0.508 e. The molecule has 3 aliphatic carbocycles. The third-order valence-electron chi connectivity index (χ3n) is 9.22. The fourth-order valence-corrected chi connectivity index (χ4v) is 7.11. The van der Waals surface area contributed by atoms with Crippen LogP contribution in [0.1, 0.15) is 23.1 Å². The van der Waals surface area contributed by atoms with Crippen molar-refractivity contribution in [2.24, 2.45) is 17.6 Å². The highest BCUT2D eigenvalue weighted by atomic mass is 16.5. The Hall–Kier alpha value is -4.23. The molecule has 0 heterocycles. The van der Waals surface area contributed by atoms with Crippen LogP contribution in [0, 0.1) is 11.8 Å². The topological polar surface area (TPSA) is 186 Å². The number of Topliss-reactive ketones (excluding diaryl/α,β-unsaturated/α-hetero) is 2. The lowest BCUT2D eigenvalue weighted by atomic mass is 9.57. The van der Waals surface area contributed by atoms with Crippen molar-refractivity contribution in [3.63, 3.8) is 0 Å². The summed E-state index contributed by atoms with van der Waals surface area (Å²) >= 11 is 0. The normalized spacial score (nSPS) is 24.6. The summed E-state index contributed by atoms with van der Waals surface area (Å²) in [4.78, 5) is 43.2. The lowest BCUT2D eigenvalue weighted by Crippen LogP contribution is -2.65. The highest BCUT2D eigenvalue weighted by Gasteiger charge is 2.64. The van der Waals surface area contributed by atoms with E-state index in [1.54, 1.807) is 27.3 Å². The molecule has 2 aromatic carbocycles. The molecule has 12 heteroatoms.